The van der Waals surface area contributed by atoms with Crippen LogP contribution in [0.3, 0.4) is 0 Å². The van der Waals surface area contributed by atoms with E-state index in [1.165, 1.54) is 0 Å². The van der Waals surface area contributed by atoms with E-state index >= 15 is 0 Å². The summed E-state index contributed by atoms with van der Waals surface area (Å²) in [5, 5.41) is 5.95. The first-order chi connectivity index (χ1) is 7.11. The molecule has 0 aliphatic carbocycles. The zero-order chi connectivity index (χ0) is 11.3. The molecule has 0 radical (unpaired) electrons. The monoisotopic (exact) mass is 326 g/mol. The lowest BCUT2D eigenvalue weighted by Gasteiger charge is -2.10. The lowest BCUT2D eigenvalue weighted by atomic mass is 10.3. The molecule has 1 rings (SSSR count). The van der Waals surface area contributed by atoms with Gasteiger partial charge >= 0.3 is 0 Å². The van der Waals surface area contributed by atoms with Gasteiger partial charge in [-0.3, -0.25) is 4.79 Å². The number of rotatable bonds is 5. The predicted octanol–water partition coefficient (Wildman–Crippen LogP) is 2.20. The zero-order valence-electron chi connectivity index (χ0n) is 9.25. The molecule has 1 atom stereocenters. The first-order valence-electron chi connectivity index (χ1n) is 4.80. The minimum atomic E-state index is 0. The molecule has 0 bridgehead atoms. The fourth-order valence-corrected chi connectivity index (χ4v) is 2.52. The van der Waals surface area contributed by atoms with Crippen molar-refractivity contribution in [2.24, 2.45) is 0 Å². The summed E-state index contributed by atoms with van der Waals surface area (Å²) >= 11 is 4.97. The summed E-state index contributed by atoms with van der Waals surface area (Å²) in [4.78, 5) is 12.6. The van der Waals surface area contributed by atoms with Crippen LogP contribution in [0.4, 0.5) is 0 Å². The van der Waals surface area contributed by atoms with Gasteiger partial charge in [-0.1, -0.05) is 0 Å². The van der Waals surface area contributed by atoms with Crippen LogP contribution in [0.2, 0.25) is 0 Å². The van der Waals surface area contributed by atoms with E-state index in [0.29, 0.717) is 19.0 Å². The van der Waals surface area contributed by atoms with Crippen LogP contribution < -0.4 is 10.6 Å². The highest BCUT2D eigenvalue weighted by Crippen LogP contribution is 2.22. The molecule has 2 N–H and O–H groups in total. The van der Waals surface area contributed by atoms with Crippen LogP contribution in [-0.2, 0) is 11.2 Å². The Balaban J connectivity index is 0.00000225. The average Bonchev–Trinajstić information content (AvgIpc) is 2.60. The molecule has 0 fully saturated rings. The molecule has 0 saturated carbocycles. The Labute approximate surface area is 115 Å². The maximum atomic E-state index is 11.5. The highest BCUT2D eigenvalue weighted by molar-refractivity contribution is 9.11. The smallest absolute Gasteiger partial charge is 0.225 e. The van der Waals surface area contributed by atoms with E-state index in [2.05, 4.69) is 26.6 Å². The molecule has 0 aliphatic heterocycles. The molecule has 1 amide bonds. The maximum Gasteiger partial charge on any atom is 0.225 e. The SMILES string of the molecule is CNC(C)CNC(=O)Cc1ccc(Br)s1.Cl. The standard InChI is InChI=1S/C10H15BrN2OS.ClH/c1-7(12-2)6-13-10(14)5-8-3-4-9(11)15-8;/h3-4,7,12H,5-6H2,1-2H3,(H,13,14);1H. The number of thiophene rings is 1. The minimum Gasteiger partial charge on any atom is -0.354 e. The van der Waals surface area contributed by atoms with E-state index in [1.54, 1.807) is 11.3 Å². The van der Waals surface area contributed by atoms with Crippen LogP contribution in [0.25, 0.3) is 0 Å². The Hall–Kier alpha value is -0.100. The molecule has 0 spiro atoms. The third-order valence-corrected chi connectivity index (χ3v) is 3.69. The summed E-state index contributed by atoms with van der Waals surface area (Å²) in [6.07, 6.45) is 0.465. The van der Waals surface area contributed by atoms with Crippen LogP contribution in [-0.4, -0.2) is 25.5 Å². The highest BCUT2D eigenvalue weighted by atomic mass is 79.9. The molecule has 1 aromatic heterocycles. The Morgan fingerprint density at radius 1 is 1.56 bits per heavy atom. The van der Waals surface area contributed by atoms with Gasteiger partial charge in [0.1, 0.15) is 0 Å². The third-order valence-electron chi connectivity index (χ3n) is 2.06. The van der Waals surface area contributed by atoms with Gasteiger partial charge in [-0.2, -0.15) is 0 Å². The molecule has 92 valence electrons. The number of nitrogens with one attached hydrogen (secondary N) is 2. The maximum absolute atomic E-state index is 11.5. The van der Waals surface area contributed by atoms with Crippen molar-refractivity contribution >= 4 is 45.6 Å². The van der Waals surface area contributed by atoms with E-state index in [1.807, 2.05) is 26.1 Å². The van der Waals surface area contributed by atoms with E-state index in [4.69, 9.17) is 0 Å². The Morgan fingerprint density at radius 2 is 2.25 bits per heavy atom. The molecule has 16 heavy (non-hydrogen) atoms. The largest absolute Gasteiger partial charge is 0.354 e. The van der Waals surface area contributed by atoms with Gasteiger partial charge in [-0.05, 0) is 42.0 Å². The Kier molecular flexibility index (Phi) is 8.01. The molecule has 0 aromatic carbocycles. The van der Waals surface area contributed by atoms with Crippen molar-refractivity contribution in [2.45, 2.75) is 19.4 Å². The molecular formula is C10H16BrClN2OS. The summed E-state index contributed by atoms with van der Waals surface area (Å²) in [6, 6.07) is 4.24. The summed E-state index contributed by atoms with van der Waals surface area (Å²) in [6.45, 7) is 2.70. The average molecular weight is 328 g/mol. The summed E-state index contributed by atoms with van der Waals surface area (Å²) in [5.74, 6) is 0.0754. The number of halogens is 2. The number of amides is 1. The van der Waals surface area contributed by atoms with E-state index < -0.39 is 0 Å². The van der Waals surface area contributed by atoms with Gasteiger partial charge in [0.15, 0.2) is 0 Å². The highest BCUT2D eigenvalue weighted by Gasteiger charge is 2.06. The first kappa shape index (κ1) is 15.9. The van der Waals surface area contributed by atoms with Gasteiger partial charge in [0.25, 0.3) is 0 Å². The number of carbonyl (C=O) groups is 1. The van der Waals surface area contributed by atoms with E-state index in [0.717, 1.165) is 8.66 Å². The molecule has 1 heterocycles. The van der Waals surface area contributed by atoms with Gasteiger partial charge in [0.05, 0.1) is 10.2 Å². The number of likely N-dealkylation sites (N-methyl/N-ethyl adjacent to an activating group) is 1. The van der Waals surface area contributed by atoms with E-state index in [-0.39, 0.29) is 18.3 Å². The van der Waals surface area contributed by atoms with Crippen molar-refractivity contribution in [1.82, 2.24) is 10.6 Å². The van der Waals surface area contributed by atoms with Crippen LogP contribution in [0.5, 0.6) is 0 Å². The fraction of sp³-hybridized carbons (Fsp3) is 0.500. The normalized spacial score (nSPS) is 11.7. The molecule has 1 aromatic rings. The van der Waals surface area contributed by atoms with Crippen molar-refractivity contribution in [3.05, 3.63) is 20.8 Å². The number of hydrogen-bond acceptors (Lipinski definition) is 3. The lowest BCUT2D eigenvalue weighted by Crippen LogP contribution is -2.37. The van der Waals surface area contributed by atoms with Crippen LogP contribution in [0.1, 0.15) is 11.8 Å². The minimum absolute atomic E-state index is 0. The summed E-state index contributed by atoms with van der Waals surface area (Å²) in [7, 11) is 1.88. The summed E-state index contributed by atoms with van der Waals surface area (Å²) in [5.41, 5.74) is 0. The van der Waals surface area contributed by atoms with Gasteiger partial charge < -0.3 is 10.6 Å². The molecule has 6 heteroatoms. The third kappa shape index (κ3) is 5.84. The van der Waals surface area contributed by atoms with Crippen LogP contribution in [0.15, 0.2) is 15.9 Å². The molecular weight excluding hydrogens is 312 g/mol. The van der Waals surface area contributed by atoms with Crippen molar-refractivity contribution < 1.29 is 4.79 Å². The van der Waals surface area contributed by atoms with Crippen LogP contribution >= 0.6 is 39.7 Å². The molecule has 1 unspecified atom stereocenters. The second kappa shape index (κ2) is 8.06. The predicted molar refractivity (Wildman–Crippen MR) is 74.5 cm³/mol. The van der Waals surface area contributed by atoms with Gasteiger partial charge in [0.2, 0.25) is 5.91 Å². The fourth-order valence-electron chi connectivity index (χ4n) is 1.04. The van der Waals surface area contributed by atoms with Gasteiger partial charge in [-0.25, -0.2) is 0 Å². The van der Waals surface area contributed by atoms with Crippen molar-refractivity contribution in [3.8, 4) is 0 Å². The summed E-state index contributed by atoms with van der Waals surface area (Å²) < 4.78 is 1.06. The number of carbonyl (C=O) groups excluding carboxylic acids is 1. The first-order valence-corrected chi connectivity index (χ1v) is 6.41. The topological polar surface area (TPSA) is 41.1 Å². The molecule has 0 aliphatic rings. The molecule has 3 nitrogen and oxygen atoms in total. The Morgan fingerprint density at radius 3 is 2.75 bits per heavy atom. The lowest BCUT2D eigenvalue weighted by molar-refractivity contribution is -0.120. The van der Waals surface area contributed by atoms with Crippen molar-refractivity contribution in [2.75, 3.05) is 13.6 Å². The van der Waals surface area contributed by atoms with Crippen molar-refractivity contribution in [3.63, 3.8) is 0 Å². The zero-order valence-corrected chi connectivity index (χ0v) is 12.5. The van der Waals surface area contributed by atoms with Crippen molar-refractivity contribution in [1.29, 1.82) is 0 Å². The van der Waals surface area contributed by atoms with E-state index in [9.17, 15) is 4.79 Å². The second-order valence-corrected chi connectivity index (χ2v) is 5.92. The quantitative estimate of drug-likeness (QED) is 0.870. The Bertz CT molecular complexity index is 332. The van der Waals surface area contributed by atoms with Gasteiger partial charge in [-0.15, -0.1) is 23.7 Å². The van der Waals surface area contributed by atoms with Crippen LogP contribution in [0, 0.1) is 0 Å². The second-order valence-electron chi connectivity index (χ2n) is 3.38. The number of hydrogen-bond donors (Lipinski definition) is 2. The molecule has 0 saturated heterocycles. The van der Waals surface area contributed by atoms with Gasteiger partial charge in [0, 0.05) is 17.5 Å².